The molecule has 1 atom stereocenters. The van der Waals surface area contributed by atoms with Gasteiger partial charge in [-0.05, 0) is 23.3 Å². The van der Waals surface area contributed by atoms with Gasteiger partial charge in [-0.1, -0.05) is 48.0 Å². The van der Waals surface area contributed by atoms with E-state index in [2.05, 4.69) is 26.4 Å². The Hall–Kier alpha value is -3.12. The monoisotopic (exact) mass is 379 g/mol. The van der Waals surface area contributed by atoms with E-state index in [0.29, 0.717) is 11.6 Å². The third-order valence-electron chi connectivity index (χ3n) is 4.55. The smallest absolute Gasteiger partial charge is 0.241 e. The molecule has 1 amide bonds. The fraction of sp³-hybridized carbons (Fsp3) is 0.150. The molecule has 1 unspecified atom stereocenters. The number of benzene rings is 2. The molecule has 0 fully saturated rings. The number of halogens is 1. The maximum Gasteiger partial charge on any atom is 0.241 e. The molecule has 27 heavy (non-hydrogen) atoms. The maximum absolute atomic E-state index is 12.3. The largest absolute Gasteiger partial charge is 0.361 e. The van der Waals surface area contributed by atoms with Crippen LogP contribution in [-0.2, 0) is 11.3 Å². The van der Waals surface area contributed by atoms with Gasteiger partial charge in [-0.15, -0.1) is 0 Å². The number of carbonyl (C=O) groups is 1. The highest BCUT2D eigenvalue weighted by Crippen LogP contribution is 2.33. The lowest BCUT2D eigenvalue weighted by Crippen LogP contribution is -2.32. The van der Waals surface area contributed by atoms with Crippen molar-refractivity contribution in [3.63, 3.8) is 0 Å². The van der Waals surface area contributed by atoms with Crippen LogP contribution in [0.15, 0.2) is 67.4 Å². The molecule has 0 radical (unpaired) electrons. The number of rotatable bonds is 6. The van der Waals surface area contributed by atoms with Crippen LogP contribution < -0.4 is 5.32 Å². The van der Waals surface area contributed by atoms with E-state index >= 15 is 0 Å². The first-order chi connectivity index (χ1) is 13.2. The molecule has 0 aliphatic rings. The fourth-order valence-electron chi connectivity index (χ4n) is 3.26. The Kier molecular flexibility index (Phi) is 4.89. The summed E-state index contributed by atoms with van der Waals surface area (Å²) in [6, 6.07) is 15.8. The van der Waals surface area contributed by atoms with Crippen molar-refractivity contribution in [2.75, 3.05) is 6.54 Å². The molecule has 4 rings (SSSR count). The predicted molar refractivity (Wildman–Crippen MR) is 105 cm³/mol. The zero-order valence-corrected chi connectivity index (χ0v) is 15.2. The van der Waals surface area contributed by atoms with E-state index in [9.17, 15) is 4.79 Å². The molecule has 0 spiro atoms. The highest BCUT2D eigenvalue weighted by molar-refractivity contribution is 6.31. The number of hydrogen-bond acceptors (Lipinski definition) is 3. The lowest BCUT2D eigenvalue weighted by atomic mass is 9.90. The lowest BCUT2D eigenvalue weighted by Gasteiger charge is -2.19. The van der Waals surface area contributed by atoms with Crippen LogP contribution in [0.2, 0.25) is 5.02 Å². The number of aromatic nitrogens is 4. The van der Waals surface area contributed by atoms with Crippen LogP contribution >= 0.6 is 11.6 Å². The zero-order valence-electron chi connectivity index (χ0n) is 14.5. The maximum atomic E-state index is 12.3. The van der Waals surface area contributed by atoms with Crippen molar-refractivity contribution in [3.8, 4) is 0 Å². The van der Waals surface area contributed by atoms with Crippen molar-refractivity contribution >= 4 is 28.4 Å². The molecule has 0 saturated carbocycles. The molecule has 0 aliphatic heterocycles. The summed E-state index contributed by atoms with van der Waals surface area (Å²) in [7, 11) is 0. The second-order valence-corrected chi connectivity index (χ2v) is 6.67. The minimum atomic E-state index is -0.127. The number of hydrogen-bond donors (Lipinski definition) is 2. The first-order valence-electron chi connectivity index (χ1n) is 8.62. The van der Waals surface area contributed by atoms with Crippen LogP contribution in [0.4, 0.5) is 0 Å². The van der Waals surface area contributed by atoms with Gasteiger partial charge in [-0.2, -0.15) is 5.10 Å². The summed E-state index contributed by atoms with van der Waals surface area (Å²) >= 11 is 6.47. The molecule has 2 aromatic carbocycles. The average molecular weight is 380 g/mol. The Bertz CT molecular complexity index is 1060. The summed E-state index contributed by atoms with van der Waals surface area (Å²) in [5.41, 5.74) is 3.13. The van der Waals surface area contributed by atoms with Gasteiger partial charge in [0.05, 0.1) is 0 Å². The van der Waals surface area contributed by atoms with Crippen molar-refractivity contribution in [1.82, 2.24) is 25.1 Å². The molecule has 2 aromatic heterocycles. The van der Waals surface area contributed by atoms with Crippen LogP contribution in [-0.4, -0.2) is 32.2 Å². The van der Waals surface area contributed by atoms with E-state index in [-0.39, 0.29) is 18.4 Å². The predicted octanol–water partition coefficient (Wildman–Crippen LogP) is 3.36. The van der Waals surface area contributed by atoms with Gasteiger partial charge in [0, 0.05) is 34.6 Å². The van der Waals surface area contributed by atoms with Gasteiger partial charge < -0.3 is 10.3 Å². The SMILES string of the molecule is O=C(Cn1cncn1)NCC(c1ccccc1Cl)c1c[nH]c2ccccc12. The second-order valence-electron chi connectivity index (χ2n) is 6.26. The van der Waals surface area contributed by atoms with Crippen molar-refractivity contribution in [2.24, 2.45) is 0 Å². The molecule has 0 bridgehead atoms. The fourth-order valence-corrected chi connectivity index (χ4v) is 3.53. The number of para-hydroxylation sites is 1. The molecule has 0 saturated heterocycles. The van der Waals surface area contributed by atoms with Gasteiger partial charge in [0.15, 0.2) is 0 Å². The van der Waals surface area contributed by atoms with Crippen LogP contribution in [0, 0.1) is 0 Å². The van der Waals surface area contributed by atoms with E-state index in [0.717, 1.165) is 22.0 Å². The average Bonchev–Trinajstić information content (AvgIpc) is 3.33. The van der Waals surface area contributed by atoms with Gasteiger partial charge in [-0.3, -0.25) is 4.79 Å². The Labute approximate surface area is 161 Å². The highest BCUT2D eigenvalue weighted by Gasteiger charge is 2.21. The zero-order chi connectivity index (χ0) is 18.6. The number of nitrogens with one attached hydrogen (secondary N) is 2. The quantitative estimate of drug-likeness (QED) is 0.539. The van der Waals surface area contributed by atoms with Crippen LogP contribution in [0.3, 0.4) is 0 Å². The molecule has 7 heteroatoms. The number of fused-ring (bicyclic) bond motifs is 1. The Morgan fingerprint density at radius 1 is 1.15 bits per heavy atom. The summed E-state index contributed by atoms with van der Waals surface area (Å²) in [6.45, 7) is 0.558. The second kappa shape index (κ2) is 7.63. The summed E-state index contributed by atoms with van der Waals surface area (Å²) in [4.78, 5) is 19.5. The minimum Gasteiger partial charge on any atom is -0.361 e. The molecule has 6 nitrogen and oxygen atoms in total. The third-order valence-corrected chi connectivity index (χ3v) is 4.90. The normalized spacial score (nSPS) is 12.2. The van der Waals surface area contributed by atoms with Gasteiger partial charge in [-0.25, -0.2) is 9.67 Å². The van der Waals surface area contributed by atoms with Crippen LogP contribution in [0.1, 0.15) is 17.0 Å². The Morgan fingerprint density at radius 3 is 2.78 bits per heavy atom. The standard InChI is InChI=1S/C20H18ClN5O/c21-18-7-3-1-5-14(18)16(10-24-20(27)11-26-13-22-12-25-26)17-9-23-19-8-4-2-6-15(17)19/h1-9,12-13,16,23H,10-11H2,(H,24,27). The summed E-state index contributed by atoms with van der Waals surface area (Å²) in [5.74, 6) is -0.202. The molecule has 0 aliphatic carbocycles. The lowest BCUT2D eigenvalue weighted by molar-refractivity contribution is -0.121. The van der Waals surface area contributed by atoms with E-state index < -0.39 is 0 Å². The summed E-state index contributed by atoms with van der Waals surface area (Å²) < 4.78 is 1.49. The van der Waals surface area contributed by atoms with Crippen LogP contribution in [0.25, 0.3) is 10.9 Å². The Balaban J connectivity index is 1.63. The molecule has 136 valence electrons. The molecular weight excluding hydrogens is 362 g/mol. The van der Waals surface area contributed by atoms with E-state index in [1.807, 2.05) is 48.7 Å². The van der Waals surface area contributed by atoms with Gasteiger partial charge in [0.1, 0.15) is 19.2 Å². The number of amides is 1. The first-order valence-corrected chi connectivity index (χ1v) is 8.99. The van der Waals surface area contributed by atoms with E-state index in [1.165, 1.54) is 17.3 Å². The minimum absolute atomic E-state index is 0.0745. The van der Waals surface area contributed by atoms with Gasteiger partial charge in [0.2, 0.25) is 5.91 Å². The number of nitrogens with zero attached hydrogens (tertiary/aromatic N) is 3. The van der Waals surface area contributed by atoms with Crippen molar-refractivity contribution in [2.45, 2.75) is 12.5 Å². The highest BCUT2D eigenvalue weighted by atomic mass is 35.5. The molecule has 2 heterocycles. The molecule has 4 aromatic rings. The number of carbonyl (C=O) groups excluding carboxylic acids is 1. The number of aromatic amines is 1. The Morgan fingerprint density at radius 2 is 1.96 bits per heavy atom. The van der Waals surface area contributed by atoms with E-state index in [4.69, 9.17) is 11.6 Å². The molecular formula is C20H18ClN5O. The van der Waals surface area contributed by atoms with E-state index in [1.54, 1.807) is 0 Å². The van der Waals surface area contributed by atoms with Crippen molar-refractivity contribution in [1.29, 1.82) is 0 Å². The third kappa shape index (κ3) is 3.71. The van der Waals surface area contributed by atoms with Crippen LogP contribution in [0.5, 0.6) is 0 Å². The van der Waals surface area contributed by atoms with Crippen molar-refractivity contribution in [3.05, 3.63) is 83.5 Å². The summed E-state index contributed by atoms with van der Waals surface area (Å²) in [6.07, 6.45) is 4.92. The summed E-state index contributed by atoms with van der Waals surface area (Å²) in [5, 5.41) is 8.76. The topological polar surface area (TPSA) is 75.6 Å². The molecule has 2 N–H and O–H groups in total. The van der Waals surface area contributed by atoms with Gasteiger partial charge >= 0.3 is 0 Å². The van der Waals surface area contributed by atoms with Gasteiger partial charge in [0.25, 0.3) is 0 Å². The van der Waals surface area contributed by atoms with Crippen molar-refractivity contribution < 1.29 is 4.79 Å². The number of H-pyrrole nitrogens is 1. The first kappa shape index (κ1) is 17.3.